The smallest absolute Gasteiger partial charge is 0.282 e. The molecule has 0 saturated heterocycles. The van der Waals surface area contributed by atoms with Gasteiger partial charge in [-0.05, 0) is 94.9 Å². The monoisotopic (exact) mass is 557 g/mol. The van der Waals surface area contributed by atoms with Gasteiger partial charge in [-0.1, -0.05) is 31.9 Å². The van der Waals surface area contributed by atoms with Crippen LogP contribution in [0.5, 0.6) is 11.5 Å². The lowest BCUT2D eigenvalue weighted by Gasteiger charge is -2.18. The summed E-state index contributed by atoms with van der Waals surface area (Å²) in [6, 6.07) is 16.9. The van der Waals surface area contributed by atoms with Crippen molar-refractivity contribution in [2.24, 2.45) is 5.10 Å². The summed E-state index contributed by atoms with van der Waals surface area (Å²) < 4.78 is 13.5. The highest BCUT2D eigenvalue weighted by Gasteiger charge is 2.18. The van der Waals surface area contributed by atoms with E-state index in [-0.39, 0.29) is 18.1 Å². The number of ether oxygens (including phenoxy) is 2. The lowest BCUT2D eigenvalue weighted by Crippen LogP contribution is -2.20. The number of rotatable bonds is 8. The van der Waals surface area contributed by atoms with Gasteiger partial charge in [0.2, 0.25) is 0 Å². The number of para-hydroxylation sites is 1. The number of hydrogen-bond donors (Lipinski definition) is 0. The second-order valence-electron chi connectivity index (χ2n) is 8.79. The van der Waals surface area contributed by atoms with E-state index in [1.807, 2.05) is 50.2 Å². The van der Waals surface area contributed by atoms with Crippen molar-refractivity contribution in [3.8, 4) is 35.2 Å². The predicted molar refractivity (Wildman–Crippen MR) is 153 cm³/mol. The van der Waals surface area contributed by atoms with Gasteiger partial charge in [0.05, 0.1) is 28.2 Å². The molecule has 0 spiro atoms. The predicted octanol–water partition coefficient (Wildman–Crippen LogP) is 6.55. The Balaban J connectivity index is 1.89. The number of halogens is 1. The maximum atomic E-state index is 13.6. The van der Waals surface area contributed by atoms with E-state index in [0.29, 0.717) is 29.1 Å². The molecular formula is C30H28BrN3O3. The van der Waals surface area contributed by atoms with Crippen LogP contribution in [0.2, 0.25) is 0 Å². The van der Waals surface area contributed by atoms with Gasteiger partial charge in [-0.2, -0.15) is 9.78 Å². The average molecular weight is 558 g/mol. The maximum absolute atomic E-state index is 13.6. The van der Waals surface area contributed by atoms with Crippen molar-refractivity contribution in [3.05, 3.63) is 86.1 Å². The Morgan fingerprint density at radius 3 is 2.62 bits per heavy atom. The van der Waals surface area contributed by atoms with Crippen molar-refractivity contribution >= 4 is 33.0 Å². The van der Waals surface area contributed by atoms with Crippen LogP contribution in [0.15, 0.2) is 69.0 Å². The molecule has 0 amide bonds. The first-order valence-corrected chi connectivity index (χ1v) is 12.8. The highest BCUT2D eigenvalue weighted by atomic mass is 79.9. The molecule has 1 heterocycles. The number of hydrogen-bond acceptors (Lipinski definition) is 5. The highest BCUT2D eigenvalue weighted by Crippen LogP contribution is 2.34. The minimum atomic E-state index is -0.246. The Bertz CT molecular complexity index is 1580. The van der Waals surface area contributed by atoms with Crippen LogP contribution < -0.4 is 15.0 Å². The van der Waals surface area contributed by atoms with E-state index in [9.17, 15) is 4.79 Å². The quantitative estimate of drug-likeness (QED) is 0.182. The number of aryl methyl sites for hydroxylation is 1. The molecule has 0 radical (unpaired) electrons. The minimum Gasteiger partial charge on any atom is -0.494 e. The molecule has 0 atom stereocenters. The van der Waals surface area contributed by atoms with Crippen LogP contribution in [0.4, 0.5) is 0 Å². The van der Waals surface area contributed by atoms with Crippen LogP contribution in [0.3, 0.4) is 0 Å². The summed E-state index contributed by atoms with van der Waals surface area (Å²) in [5.74, 6) is 4.61. The number of fused-ring (bicyclic) bond motifs is 1. The van der Waals surface area contributed by atoms with Crippen LogP contribution in [0.25, 0.3) is 22.3 Å². The molecule has 4 aromatic rings. The van der Waals surface area contributed by atoms with Crippen LogP contribution in [-0.2, 0) is 0 Å². The third-order valence-corrected chi connectivity index (χ3v) is 6.48. The van der Waals surface area contributed by atoms with E-state index in [1.54, 1.807) is 18.3 Å². The summed E-state index contributed by atoms with van der Waals surface area (Å²) in [6.45, 7) is 8.94. The standard InChI is InChI=1S/C30H28BrN3O3/c1-6-14-37-27-13-12-21(16-25(27)31)18-32-34-29(33-26-11-9-8-10-22(26)30(34)35)24-17-23(19(3)4)28(36-7-2)15-20(24)5/h1,8-13,15-19H,7,14H2,2-5H3. The van der Waals surface area contributed by atoms with Gasteiger partial charge in [0.15, 0.2) is 5.82 Å². The van der Waals surface area contributed by atoms with E-state index in [2.05, 4.69) is 46.9 Å². The fraction of sp³-hybridized carbons (Fsp3) is 0.233. The summed E-state index contributed by atoms with van der Waals surface area (Å²) in [6.07, 6.45) is 6.92. The molecule has 0 fully saturated rings. The first kappa shape index (κ1) is 26.2. The second kappa shape index (κ2) is 11.4. The largest absolute Gasteiger partial charge is 0.494 e. The van der Waals surface area contributed by atoms with Crippen molar-refractivity contribution in [1.82, 2.24) is 9.66 Å². The lowest BCUT2D eigenvalue weighted by atomic mass is 9.96. The summed E-state index contributed by atoms with van der Waals surface area (Å²) in [7, 11) is 0. The van der Waals surface area contributed by atoms with Crippen molar-refractivity contribution < 1.29 is 9.47 Å². The molecule has 6 nitrogen and oxygen atoms in total. The van der Waals surface area contributed by atoms with Gasteiger partial charge in [-0.25, -0.2) is 4.98 Å². The molecule has 7 heteroatoms. The first-order valence-electron chi connectivity index (χ1n) is 12.0. The zero-order valence-corrected chi connectivity index (χ0v) is 22.9. The van der Waals surface area contributed by atoms with Crippen LogP contribution in [0.1, 0.15) is 43.4 Å². The van der Waals surface area contributed by atoms with Crippen LogP contribution >= 0.6 is 15.9 Å². The SMILES string of the molecule is C#CCOc1ccc(C=Nn2c(-c3cc(C(C)C)c(OCC)cc3C)nc3ccccc3c2=O)cc1Br. The fourth-order valence-corrected chi connectivity index (χ4v) is 4.55. The second-order valence-corrected chi connectivity index (χ2v) is 9.64. The molecule has 0 unspecified atom stereocenters. The van der Waals surface area contributed by atoms with E-state index in [4.69, 9.17) is 20.9 Å². The maximum Gasteiger partial charge on any atom is 0.282 e. The normalized spacial score (nSPS) is 11.3. The Morgan fingerprint density at radius 2 is 1.92 bits per heavy atom. The highest BCUT2D eigenvalue weighted by molar-refractivity contribution is 9.10. The molecular weight excluding hydrogens is 530 g/mol. The Labute approximate surface area is 225 Å². The van der Waals surface area contributed by atoms with Crippen molar-refractivity contribution in [2.45, 2.75) is 33.6 Å². The van der Waals surface area contributed by atoms with Gasteiger partial charge < -0.3 is 9.47 Å². The van der Waals surface area contributed by atoms with Crippen LogP contribution in [0, 0.1) is 19.3 Å². The van der Waals surface area contributed by atoms with E-state index >= 15 is 0 Å². The molecule has 0 saturated carbocycles. The van der Waals surface area contributed by atoms with Gasteiger partial charge in [0.25, 0.3) is 5.56 Å². The summed E-state index contributed by atoms with van der Waals surface area (Å²) >= 11 is 3.50. The molecule has 0 bridgehead atoms. The molecule has 0 aliphatic heterocycles. The molecule has 37 heavy (non-hydrogen) atoms. The van der Waals surface area contributed by atoms with Crippen LogP contribution in [-0.4, -0.2) is 29.1 Å². The number of terminal acetylenes is 1. The summed E-state index contributed by atoms with van der Waals surface area (Å²) in [4.78, 5) is 18.5. The molecule has 0 aliphatic carbocycles. The van der Waals surface area contributed by atoms with Crippen molar-refractivity contribution in [1.29, 1.82) is 0 Å². The zero-order valence-electron chi connectivity index (χ0n) is 21.3. The Kier molecular flexibility index (Phi) is 8.10. The summed E-state index contributed by atoms with van der Waals surface area (Å²) in [5, 5.41) is 5.10. The molecule has 0 N–H and O–H groups in total. The average Bonchev–Trinajstić information content (AvgIpc) is 2.88. The zero-order chi connectivity index (χ0) is 26.5. The molecule has 188 valence electrons. The van der Waals surface area contributed by atoms with Crippen molar-refractivity contribution in [3.63, 3.8) is 0 Å². The fourth-order valence-electron chi connectivity index (χ4n) is 4.03. The third kappa shape index (κ3) is 5.60. The topological polar surface area (TPSA) is 65.7 Å². The lowest BCUT2D eigenvalue weighted by molar-refractivity contribution is 0.335. The molecule has 0 aliphatic rings. The van der Waals surface area contributed by atoms with E-state index in [1.165, 1.54) is 4.68 Å². The minimum absolute atomic E-state index is 0.174. The summed E-state index contributed by atoms with van der Waals surface area (Å²) in [5.41, 5.74) is 3.96. The number of nitrogens with zero attached hydrogens (tertiary/aromatic N) is 3. The number of aromatic nitrogens is 2. The molecule has 4 rings (SSSR count). The first-order chi connectivity index (χ1) is 17.8. The molecule has 1 aromatic heterocycles. The van der Waals surface area contributed by atoms with Gasteiger partial charge in [-0.15, -0.1) is 6.42 Å². The van der Waals surface area contributed by atoms with Gasteiger partial charge in [0.1, 0.15) is 18.1 Å². The molecule has 3 aromatic carbocycles. The number of benzene rings is 3. The Morgan fingerprint density at radius 1 is 1.14 bits per heavy atom. The van der Waals surface area contributed by atoms with Gasteiger partial charge >= 0.3 is 0 Å². The van der Waals surface area contributed by atoms with Crippen molar-refractivity contribution in [2.75, 3.05) is 13.2 Å². The Hall–Kier alpha value is -3.89. The van der Waals surface area contributed by atoms with E-state index < -0.39 is 0 Å². The van der Waals surface area contributed by atoms with Gasteiger partial charge in [0, 0.05) is 5.56 Å². The van der Waals surface area contributed by atoms with E-state index in [0.717, 1.165) is 32.5 Å². The van der Waals surface area contributed by atoms with Gasteiger partial charge in [-0.3, -0.25) is 4.79 Å². The third-order valence-electron chi connectivity index (χ3n) is 5.86.